The maximum Gasteiger partial charge on any atom is 0.259 e. The highest BCUT2D eigenvalue weighted by molar-refractivity contribution is 6.02. The van der Waals surface area contributed by atoms with E-state index in [2.05, 4.69) is 18.2 Å². The van der Waals surface area contributed by atoms with Crippen LogP contribution in [0.25, 0.3) is 0 Å². The lowest BCUT2D eigenvalue weighted by atomic mass is 9.95. The van der Waals surface area contributed by atoms with Gasteiger partial charge in [-0.05, 0) is 24.5 Å². The minimum Gasteiger partial charge on any atom is -0.496 e. The van der Waals surface area contributed by atoms with Crippen molar-refractivity contribution in [3.8, 4) is 11.8 Å². The summed E-state index contributed by atoms with van der Waals surface area (Å²) in [6.45, 7) is 0.575. The molecule has 0 aromatic heterocycles. The number of nitriles is 1. The van der Waals surface area contributed by atoms with Crippen molar-refractivity contribution in [2.45, 2.75) is 24.3 Å². The number of carbonyl (C=O) groups is 1. The Balaban J connectivity index is 1.70. The third-order valence-electron chi connectivity index (χ3n) is 5.19. The lowest BCUT2D eigenvalue weighted by molar-refractivity contribution is 0.0737. The molecule has 4 rings (SSSR count). The second kappa shape index (κ2) is 5.38. The van der Waals surface area contributed by atoms with Gasteiger partial charge in [0.1, 0.15) is 11.8 Å². The Kier molecular flexibility index (Phi) is 3.31. The van der Waals surface area contributed by atoms with Crippen molar-refractivity contribution in [1.29, 1.82) is 5.26 Å². The smallest absolute Gasteiger partial charge is 0.259 e. The molecule has 4 heteroatoms. The van der Waals surface area contributed by atoms with Crippen molar-refractivity contribution in [1.82, 2.24) is 4.90 Å². The van der Waals surface area contributed by atoms with E-state index in [1.54, 1.807) is 18.1 Å². The molecule has 1 aliphatic heterocycles. The molecule has 0 saturated heterocycles. The second-order valence-corrected chi connectivity index (χ2v) is 6.54. The average Bonchev–Trinajstić information content (AvgIpc) is 3.37. The molecule has 1 saturated carbocycles. The van der Waals surface area contributed by atoms with E-state index in [1.807, 2.05) is 30.3 Å². The molecule has 1 fully saturated rings. The van der Waals surface area contributed by atoms with E-state index in [9.17, 15) is 10.1 Å². The quantitative estimate of drug-likeness (QED) is 0.867. The Morgan fingerprint density at radius 1 is 1.21 bits per heavy atom. The molecular weight excluding hydrogens is 300 g/mol. The SMILES string of the molecule is COc1cccc2c1C(=O)N(CC1(c3ccccc3)CC1)C2C#N. The van der Waals surface area contributed by atoms with E-state index < -0.39 is 6.04 Å². The van der Waals surface area contributed by atoms with Crippen molar-refractivity contribution >= 4 is 5.91 Å². The fraction of sp³-hybridized carbons (Fsp3) is 0.300. The number of methoxy groups -OCH3 is 1. The van der Waals surface area contributed by atoms with Crippen molar-refractivity contribution in [2.75, 3.05) is 13.7 Å². The molecule has 2 aromatic carbocycles. The lowest BCUT2D eigenvalue weighted by Crippen LogP contribution is -2.35. The molecule has 1 aliphatic carbocycles. The average molecular weight is 318 g/mol. The number of hydrogen-bond donors (Lipinski definition) is 0. The predicted molar refractivity (Wildman–Crippen MR) is 89.7 cm³/mol. The van der Waals surface area contributed by atoms with Gasteiger partial charge in [0.05, 0.1) is 18.7 Å². The number of rotatable bonds is 4. The number of fused-ring (bicyclic) bond motifs is 1. The normalized spacial score (nSPS) is 20.4. The number of benzene rings is 2. The first-order valence-electron chi connectivity index (χ1n) is 8.13. The highest BCUT2D eigenvalue weighted by Crippen LogP contribution is 2.51. The molecule has 0 N–H and O–H groups in total. The Labute approximate surface area is 141 Å². The Hall–Kier alpha value is -2.80. The molecule has 2 aromatic rings. The van der Waals surface area contributed by atoms with Gasteiger partial charge in [0.15, 0.2) is 0 Å². The number of nitrogens with zero attached hydrogens (tertiary/aromatic N) is 2. The Bertz CT molecular complexity index is 834. The molecule has 1 atom stereocenters. The highest BCUT2D eigenvalue weighted by atomic mass is 16.5. The van der Waals surface area contributed by atoms with Gasteiger partial charge in [-0.2, -0.15) is 5.26 Å². The van der Waals surface area contributed by atoms with Crippen LogP contribution >= 0.6 is 0 Å². The van der Waals surface area contributed by atoms with Crippen LogP contribution in [0, 0.1) is 11.3 Å². The van der Waals surface area contributed by atoms with Gasteiger partial charge >= 0.3 is 0 Å². The highest BCUT2D eigenvalue weighted by Gasteiger charge is 2.50. The van der Waals surface area contributed by atoms with E-state index >= 15 is 0 Å². The lowest BCUT2D eigenvalue weighted by Gasteiger charge is -2.26. The van der Waals surface area contributed by atoms with Gasteiger partial charge in [-0.15, -0.1) is 0 Å². The fourth-order valence-electron chi connectivity index (χ4n) is 3.71. The number of amides is 1. The zero-order chi connectivity index (χ0) is 16.7. The molecule has 4 nitrogen and oxygen atoms in total. The first kappa shape index (κ1) is 14.8. The zero-order valence-electron chi connectivity index (χ0n) is 13.5. The van der Waals surface area contributed by atoms with Gasteiger partial charge < -0.3 is 9.64 Å². The number of carbonyl (C=O) groups excluding carboxylic acids is 1. The summed E-state index contributed by atoms with van der Waals surface area (Å²) in [5.74, 6) is 0.445. The Morgan fingerprint density at radius 3 is 2.58 bits per heavy atom. The van der Waals surface area contributed by atoms with Crippen LogP contribution in [-0.2, 0) is 5.41 Å². The van der Waals surface area contributed by atoms with Crippen LogP contribution in [0.15, 0.2) is 48.5 Å². The summed E-state index contributed by atoms with van der Waals surface area (Å²) >= 11 is 0. The van der Waals surface area contributed by atoms with E-state index in [0.717, 1.165) is 18.4 Å². The summed E-state index contributed by atoms with van der Waals surface area (Å²) in [5, 5.41) is 9.67. The summed E-state index contributed by atoms with van der Waals surface area (Å²) in [6, 6.07) is 17.5. The number of hydrogen-bond acceptors (Lipinski definition) is 3. The van der Waals surface area contributed by atoms with Crippen LogP contribution in [0.3, 0.4) is 0 Å². The van der Waals surface area contributed by atoms with Crippen LogP contribution < -0.4 is 4.74 Å². The molecule has 24 heavy (non-hydrogen) atoms. The maximum atomic E-state index is 13.0. The third-order valence-corrected chi connectivity index (χ3v) is 5.19. The molecule has 0 radical (unpaired) electrons. The van der Waals surface area contributed by atoms with Crippen molar-refractivity contribution in [2.24, 2.45) is 0 Å². The van der Waals surface area contributed by atoms with E-state index in [4.69, 9.17) is 4.74 Å². The standard InChI is InChI=1S/C20H18N2O2/c1-24-17-9-5-8-15-16(12-21)22(19(23)18(15)17)13-20(10-11-20)14-6-3-2-4-7-14/h2-9,16H,10-11,13H2,1H3. The van der Waals surface area contributed by atoms with E-state index in [-0.39, 0.29) is 11.3 Å². The molecule has 0 spiro atoms. The van der Waals surface area contributed by atoms with E-state index in [1.165, 1.54) is 5.56 Å². The van der Waals surface area contributed by atoms with Gasteiger partial charge in [-0.1, -0.05) is 42.5 Å². The number of ether oxygens (including phenoxy) is 1. The van der Waals surface area contributed by atoms with Crippen LogP contribution in [0.1, 0.15) is 40.4 Å². The van der Waals surface area contributed by atoms with Crippen molar-refractivity contribution < 1.29 is 9.53 Å². The second-order valence-electron chi connectivity index (χ2n) is 6.54. The van der Waals surface area contributed by atoms with Gasteiger partial charge in [-0.25, -0.2) is 0 Å². The van der Waals surface area contributed by atoms with Gasteiger partial charge in [0.2, 0.25) is 0 Å². The molecular formula is C20H18N2O2. The van der Waals surface area contributed by atoms with Crippen molar-refractivity contribution in [3.05, 3.63) is 65.2 Å². The van der Waals surface area contributed by atoms with Crippen molar-refractivity contribution in [3.63, 3.8) is 0 Å². The van der Waals surface area contributed by atoms with E-state index in [0.29, 0.717) is 17.9 Å². The molecule has 120 valence electrons. The summed E-state index contributed by atoms with van der Waals surface area (Å²) in [7, 11) is 1.55. The van der Waals surface area contributed by atoms with Crippen LogP contribution in [0.4, 0.5) is 0 Å². The Morgan fingerprint density at radius 2 is 1.96 bits per heavy atom. The monoisotopic (exact) mass is 318 g/mol. The van der Waals surface area contributed by atoms with Crippen LogP contribution in [-0.4, -0.2) is 24.5 Å². The molecule has 0 bridgehead atoms. The first-order valence-corrected chi connectivity index (χ1v) is 8.13. The maximum absolute atomic E-state index is 13.0. The summed E-state index contributed by atoms with van der Waals surface area (Å²) in [5.41, 5.74) is 2.53. The fourth-order valence-corrected chi connectivity index (χ4v) is 3.71. The van der Waals surface area contributed by atoms with Crippen LogP contribution in [0.2, 0.25) is 0 Å². The summed E-state index contributed by atoms with van der Waals surface area (Å²) < 4.78 is 5.34. The topological polar surface area (TPSA) is 53.3 Å². The molecule has 1 unspecified atom stereocenters. The van der Waals surface area contributed by atoms with Gasteiger partial charge in [0, 0.05) is 17.5 Å². The minimum atomic E-state index is -0.538. The third kappa shape index (κ3) is 2.09. The largest absolute Gasteiger partial charge is 0.496 e. The van der Waals surface area contributed by atoms with Gasteiger partial charge in [0.25, 0.3) is 5.91 Å². The summed E-state index contributed by atoms with van der Waals surface area (Å²) in [6.07, 6.45) is 2.10. The molecule has 2 aliphatic rings. The predicted octanol–water partition coefficient (Wildman–Crippen LogP) is 3.45. The molecule has 1 heterocycles. The molecule has 1 amide bonds. The summed E-state index contributed by atoms with van der Waals surface area (Å²) in [4.78, 5) is 14.7. The van der Waals surface area contributed by atoms with Crippen LogP contribution in [0.5, 0.6) is 5.75 Å². The first-order chi connectivity index (χ1) is 11.7. The zero-order valence-corrected chi connectivity index (χ0v) is 13.5. The minimum absolute atomic E-state index is 0.0126. The van der Waals surface area contributed by atoms with Gasteiger partial charge in [-0.3, -0.25) is 4.79 Å².